The predicted octanol–water partition coefficient (Wildman–Crippen LogP) is 4.31. The molecule has 1 N–H and O–H groups in total. The molecule has 4 nitrogen and oxygen atoms in total. The maximum atomic E-state index is 10.8. The highest BCUT2D eigenvalue weighted by atomic mass is 16.6. The lowest BCUT2D eigenvalue weighted by Gasteiger charge is -2.26. The highest BCUT2D eigenvalue weighted by molar-refractivity contribution is 5.53. The molecule has 108 valence electrons. The Kier molecular flexibility index (Phi) is 4.42. The van der Waals surface area contributed by atoms with E-state index in [0.29, 0.717) is 17.4 Å². The van der Waals surface area contributed by atoms with E-state index in [0.717, 1.165) is 18.7 Å². The van der Waals surface area contributed by atoms with Crippen LogP contribution in [0.2, 0.25) is 0 Å². The molecule has 4 heteroatoms. The van der Waals surface area contributed by atoms with Gasteiger partial charge < -0.3 is 5.32 Å². The molecular weight excluding hydrogens is 252 g/mol. The van der Waals surface area contributed by atoms with Gasteiger partial charge in [-0.05, 0) is 50.7 Å². The molecule has 0 spiro atoms. The van der Waals surface area contributed by atoms with Gasteiger partial charge in [0.25, 0.3) is 5.69 Å². The Balaban J connectivity index is 1.96. The third kappa shape index (κ3) is 3.59. The van der Waals surface area contributed by atoms with Gasteiger partial charge in [-0.1, -0.05) is 18.6 Å². The van der Waals surface area contributed by atoms with Gasteiger partial charge in [0.15, 0.2) is 0 Å². The van der Waals surface area contributed by atoms with Crippen molar-refractivity contribution < 1.29 is 4.92 Å². The quantitative estimate of drug-likeness (QED) is 0.505. The lowest BCUT2D eigenvalue weighted by molar-refractivity contribution is -0.385. The van der Waals surface area contributed by atoms with E-state index in [1.165, 1.54) is 12.0 Å². The molecule has 1 aromatic rings. The van der Waals surface area contributed by atoms with Gasteiger partial charge in [0.1, 0.15) is 0 Å². The number of nitro benzene ring substituents is 1. The van der Waals surface area contributed by atoms with Crippen LogP contribution in [0.25, 0.3) is 0 Å². The van der Waals surface area contributed by atoms with E-state index in [1.807, 2.05) is 6.07 Å². The normalized spacial score (nSPS) is 22.2. The first-order valence-corrected chi connectivity index (χ1v) is 7.12. The average molecular weight is 274 g/mol. The largest absolute Gasteiger partial charge is 0.385 e. The summed E-state index contributed by atoms with van der Waals surface area (Å²) in [7, 11) is 0. The van der Waals surface area contributed by atoms with Crippen LogP contribution in [0.15, 0.2) is 29.8 Å². The summed E-state index contributed by atoms with van der Waals surface area (Å²) < 4.78 is 0. The summed E-state index contributed by atoms with van der Waals surface area (Å²) in [5, 5.41) is 14.2. The lowest BCUT2D eigenvalue weighted by Crippen LogP contribution is -2.20. The molecule has 0 saturated carbocycles. The van der Waals surface area contributed by atoms with Gasteiger partial charge in [-0.25, -0.2) is 0 Å². The molecule has 1 aromatic carbocycles. The number of allylic oxidation sites excluding steroid dienone is 2. The van der Waals surface area contributed by atoms with Gasteiger partial charge in [0.2, 0.25) is 0 Å². The van der Waals surface area contributed by atoms with Crippen molar-refractivity contribution in [2.75, 3.05) is 11.9 Å². The molecule has 1 aliphatic carbocycles. The van der Waals surface area contributed by atoms with Crippen LogP contribution < -0.4 is 5.32 Å². The van der Waals surface area contributed by atoms with Crippen molar-refractivity contribution in [1.29, 1.82) is 0 Å². The summed E-state index contributed by atoms with van der Waals surface area (Å²) in [5.74, 6) is 1.29. The molecule has 0 amide bonds. The van der Waals surface area contributed by atoms with Crippen molar-refractivity contribution in [3.63, 3.8) is 0 Å². The third-order valence-corrected chi connectivity index (χ3v) is 3.87. The minimum absolute atomic E-state index is 0.181. The molecule has 0 aliphatic heterocycles. The lowest BCUT2D eigenvalue weighted by atomic mass is 9.84. The second-order valence-electron chi connectivity index (χ2n) is 5.94. The number of nitro groups is 1. The second kappa shape index (κ2) is 6.07. The summed E-state index contributed by atoms with van der Waals surface area (Å²) in [6, 6.07) is 5.22. The van der Waals surface area contributed by atoms with Gasteiger partial charge in [-0.3, -0.25) is 10.1 Å². The first kappa shape index (κ1) is 14.6. The van der Waals surface area contributed by atoms with E-state index in [1.54, 1.807) is 19.1 Å². The standard InChI is InChI=1S/C16H22N2O2/c1-11-6-12(2)8-14(7-11)10-17-15-4-5-16(18(19)20)13(3)9-15/h4-6,9,11,14,17H,7-8,10H2,1-3H3. The van der Waals surface area contributed by atoms with Gasteiger partial charge >= 0.3 is 0 Å². The van der Waals surface area contributed by atoms with Crippen molar-refractivity contribution in [2.45, 2.75) is 33.6 Å². The van der Waals surface area contributed by atoms with Crippen LogP contribution in [0.3, 0.4) is 0 Å². The fraction of sp³-hybridized carbons (Fsp3) is 0.500. The van der Waals surface area contributed by atoms with Crippen molar-refractivity contribution in [1.82, 2.24) is 0 Å². The average Bonchev–Trinajstić information content (AvgIpc) is 2.35. The van der Waals surface area contributed by atoms with Crippen LogP contribution in [0, 0.1) is 28.9 Å². The van der Waals surface area contributed by atoms with Crippen LogP contribution in [0.1, 0.15) is 32.3 Å². The number of rotatable bonds is 4. The van der Waals surface area contributed by atoms with E-state index in [2.05, 4.69) is 25.2 Å². The molecular formula is C16H22N2O2. The number of aryl methyl sites for hydroxylation is 1. The molecule has 0 heterocycles. The zero-order chi connectivity index (χ0) is 14.7. The molecule has 2 rings (SSSR count). The Hall–Kier alpha value is -1.84. The Bertz CT molecular complexity index is 537. The molecule has 0 fully saturated rings. The summed E-state index contributed by atoms with van der Waals surface area (Å²) in [5.41, 5.74) is 3.32. The predicted molar refractivity (Wildman–Crippen MR) is 82.0 cm³/mol. The first-order chi connectivity index (χ1) is 9.45. The van der Waals surface area contributed by atoms with E-state index in [9.17, 15) is 10.1 Å². The van der Waals surface area contributed by atoms with Gasteiger partial charge in [0.05, 0.1) is 4.92 Å². The first-order valence-electron chi connectivity index (χ1n) is 7.12. The minimum atomic E-state index is -0.337. The van der Waals surface area contributed by atoms with Crippen LogP contribution in [-0.2, 0) is 0 Å². The van der Waals surface area contributed by atoms with E-state index in [-0.39, 0.29) is 10.6 Å². The minimum Gasteiger partial charge on any atom is -0.385 e. The highest BCUT2D eigenvalue weighted by Gasteiger charge is 2.18. The Morgan fingerprint density at radius 1 is 1.40 bits per heavy atom. The maximum absolute atomic E-state index is 10.8. The molecule has 2 unspecified atom stereocenters. The van der Waals surface area contributed by atoms with Crippen molar-refractivity contribution >= 4 is 11.4 Å². The van der Waals surface area contributed by atoms with Gasteiger partial charge in [-0.15, -0.1) is 0 Å². The summed E-state index contributed by atoms with van der Waals surface area (Å²) >= 11 is 0. The Morgan fingerprint density at radius 3 is 2.75 bits per heavy atom. The summed E-state index contributed by atoms with van der Waals surface area (Å²) in [6.45, 7) is 7.15. The summed E-state index contributed by atoms with van der Waals surface area (Å²) in [6.07, 6.45) is 4.70. The van der Waals surface area contributed by atoms with E-state index < -0.39 is 0 Å². The molecule has 1 aliphatic rings. The van der Waals surface area contributed by atoms with Crippen molar-refractivity contribution in [3.8, 4) is 0 Å². The molecule has 20 heavy (non-hydrogen) atoms. The summed E-state index contributed by atoms with van der Waals surface area (Å²) in [4.78, 5) is 10.5. The number of benzene rings is 1. The molecule has 0 radical (unpaired) electrons. The fourth-order valence-electron chi connectivity index (χ4n) is 3.07. The molecule has 2 atom stereocenters. The second-order valence-corrected chi connectivity index (χ2v) is 5.94. The van der Waals surface area contributed by atoms with E-state index >= 15 is 0 Å². The molecule has 0 aromatic heterocycles. The molecule has 0 bridgehead atoms. The third-order valence-electron chi connectivity index (χ3n) is 3.87. The Morgan fingerprint density at radius 2 is 2.15 bits per heavy atom. The number of nitrogens with zero attached hydrogens (tertiary/aromatic N) is 1. The van der Waals surface area contributed by atoms with Gasteiger partial charge in [0, 0.05) is 23.9 Å². The van der Waals surface area contributed by atoms with Gasteiger partial charge in [-0.2, -0.15) is 0 Å². The number of anilines is 1. The van der Waals surface area contributed by atoms with Crippen LogP contribution in [0.5, 0.6) is 0 Å². The smallest absolute Gasteiger partial charge is 0.272 e. The SMILES string of the molecule is CC1=CC(C)CC(CNc2ccc([N+](=O)[O-])c(C)c2)C1. The van der Waals surface area contributed by atoms with Crippen LogP contribution >= 0.6 is 0 Å². The van der Waals surface area contributed by atoms with Crippen molar-refractivity contribution in [2.24, 2.45) is 11.8 Å². The zero-order valence-electron chi connectivity index (χ0n) is 12.3. The van der Waals surface area contributed by atoms with Crippen LogP contribution in [0.4, 0.5) is 11.4 Å². The zero-order valence-corrected chi connectivity index (χ0v) is 12.3. The fourth-order valence-corrected chi connectivity index (χ4v) is 3.07. The monoisotopic (exact) mass is 274 g/mol. The van der Waals surface area contributed by atoms with Crippen molar-refractivity contribution in [3.05, 3.63) is 45.5 Å². The number of hydrogen-bond acceptors (Lipinski definition) is 3. The number of nitrogens with one attached hydrogen (secondary N) is 1. The molecule has 0 saturated heterocycles. The highest BCUT2D eigenvalue weighted by Crippen LogP contribution is 2.28. The number of hydrogen-bond donors (Lipinski definition) is 1. The van der Waals surface area contributed by atoms with E-state index in [4.69, 9.17) is 0 Å². The maximum Gasteiger partial charge on any atom is 0.272 e. The Labute approximate surface area is 120 Å². The van der Waals surface area contributed by atoms with Crippen LogP contribution in [-0.4, -0.2) is 11.5 Å². The topological polar surface area (TPSA) is 55.2 Å².